The first-order valence-electron chi connectivity index (χ1n) is 4.52. The highest BCUT2D eigenvalue weighted by molar-refractivity contribution is 9.10. The number of hydrogen-bond acceptors (Lipinski definition) is 1. The van der Waals surface area contributed by atoms with Crippen molar-refractivity contribution >= 4 is 26.8 Å². The van der Waals surface area contributed by atoms with E-state index in [9.17, 15) is 5.11 Å². The van der Waals surface area contributed by atoms with Crippen molar-refractivity contribution in [2.24, 2.45) is 7.05 Å². The first-order chi connectivity index (χ1) is 6.59. The number of benzene rings is 1. The predicted molar refractivity (Wildman–Crippen MR) is 61.3 cm³/mol. The molecule has 0 saturated carbocycles. The van der Waals surface area contributed by atoms with Crippen LogP contribution in [0.25, 0.3) is 10.9 Å². The first kappa shape index (κ1) is 9.74. The van der Waals surface area contributed by atoms with Crippen LogP contribution in [0, 0.1) is 0 Å². The highest BCUT2D eigenvalue weighted by atomic mass is 79.9. The normalized spacial score (nSPS) is 13.4. The maximum atomic E-state index is 9.54. The Bertz CT molecular complexity index is 473. The zero-order valence-corrected chi connectivity index (χ0v) is 9.75. The van der Waals surface area contributed by atoms with Crippen LogP contribution in [0.1, 0.15) is 18.7 Å². The third-order valence-corrected chi connectivity index (χ3v) is 2.96. The Morgan fingerprint density at radius 2 is 2.07 bits per heavy atom. The fourth-order valence-electron chi connectivity index (χ4n) is 1.74. The maximum Gasteiger partial charge on any atom is 0.0912 e. The van der Waals surface area contributed by atoms with Gasteiger partial charge in [-0.2, -0.15) is 0 Å². The summed E-state index contributed by atoms with van der Waals surface area (Å²) in [6.45, 7) is 1.78. The third-order valence-electron chi connectivity index (χ3n) is 2.47. The van der Waals surface area contributed by atoms with Crippen LogP contribution in [-0.4, -0.2) is 9.67 Å². The van der Waals surface area contributed by atoms with E-state index < -0.39 is 6.10 Å². The number of aryl methyl sites for hydroxylation is 1. The fraction of sp³-hybridized carbons (Fsp3) is 0.273. The van der Waals surface area contributed by atoms with Crippen molar-refractivity contribution in [3.63, 3.8) is 0 Å². The molecule has 0 bridgehead atoms. The molecule has 2 rings (SSSR count). The number of aliphatic hydroxyl groups is 1. The molecule has 2 aromatic rings. The lowest BCUT2D eigenvalue weighted by Gasteiger charge is -2.05. The molecule has 74 valence electrons. The van der Waals surface area contributed by atoms with E-state index in [1.54, 1.807) is 6.92 Å². The summed E-state index contributed by atoms with van der Waals surface area (Å²) in [7, 11) is 1.97. The van der Waals surface area contributed by atoms with Crippen molar-refractivity contribution in [1.29, 1.82) is 0 Å². The maximum absolute atomic E-state index is 9.54. The largest absolute Gasteiger partial charge is 0.387 e. The number of nitrogens with zero attached hydrogens (tertiary/aromatic N) is 1. The Morgan fingerprint density at radius 3 is 2.71 bits per heavy atom. The monoisotopic (exact) mass is 253 g/mol. The van der Waals surface area contributed by atoms with Crippen molar-refractivity contribution < 1.29 is 5.11 Å². The summed E-state index contributed by atoms with van der Waals surface area (Å²) in [6.07, 6.45) is -0.425. The van der Waals surface area contributed by atoms with Gasteiger partial charge in [-0.15, -0.1) is 0 Å². The van der Waals surface area contributed by atoms with Gasteiger partial charge in [-0.25, -0.2) is 0 Å². The Hall–Kier alpha value is -0.800. The summed E-state index contributed by atoms with van der Waals surface area (Å²) in [5.41, 5.74) is 2.09. The zero-order valence-electron chi connectivity index (χ0n) is 8.16. The van der Waals surface area contributed by atoms with Gasteiger partial charge in [0.05, 0.1) is 6.10 Å². The smallest absolute Gasteiger partial charge is 0.0912 e. The second-order valence-electron chi connectivity index (χ2n) is 3.51. The Morgan fingerprint density at radius 1 is 1.36 bits per heavy atom. The minimum absolute atomic E-state index is 0.425. The van der Waals surface area contributed by atoms with Crippen LogP contribution in [0.15, 0.2) is 28.7 Å². The summed E-state index contributed by atoms with van der Waals surface area (Å²) in [5.74, 6) is 0. The standard InChI is InChI=1S/C11H12BrNO/c1-7(14)11-6-8-5-9(12)3-4-10(8)13(11)2/h3-7,14H,1-2H3. The van der Waals surface area contributed by atoms with Crippen LogP contribution in [0.4, 0.5) is 0 Å². The molecule has 1 atom stereocenters. The minimum atomic E-state index is -0.425. The minimum Gasteiger partial charge on any atom is -0.387 e. The second kappa shape index (κ2) is 3.41. The van der Waals surface area contributed by atoms with Gasteiger partial charge in [-0.1, -0.05) is 15.9 Å². The fourth-order valence-corrected chi connectivity index (χ4v) is 2.12. The number of aliphatic hydroxyl groups excluding tert-OH is 1. The van der Waals surface area contributed by atoms with E-state index in [0.29, 0.717) is 0 Å². The van der Waals surface area contributed by atoms with Crippen molar-refractivity contribution in [3.8, 4) is 0 Å². The molecule has 1 aromatic heterocycles. The molecule has 0 saturated heterocycles. The molecular formula is C11H12BrNO. The van der Waals surface area contributed by atoms with E-state index in [2.05, 4.69) is 22.0 Å². The average Bonchev–Trinajstić information content (AvgIpc) is 2.43. The van der Waals surface area contributed by atoms with Gasteiger partial charge in [0, 0.05) is 28.1 Å². The average molecular weight is 254 g/mol. The Balaban J connectivity index is 2.73. The van der Waals surface area contributed by atoms with Crippen LogP contribution in [-0.2, 0) is 7.05 Å². The Labute approximate surface area is 91.3 Å². The van der Waals surface area contributed by atoms with Crippen molar-refractivity contribution in [2.75, 3.05) is 0 Å². The van der Waals surface area contributed by atoms with Crippen LogP contribution in [0.3, 0.4) is 0 Å². The van der Waals surface area contributed by atoms with Gasteiger partial charge in [0.25, 0.3) is 0 Å². The van der Waals surface area contributed by atoms with E-state index >= 15 is 0 Å². The van der Waals surface area contributed by atoms with E-state index in [4.69, 9.17) is 0 Å². The summed E-state index contributed by atoms with van der Waals surface area (Å²) < 4.78 is 3.08. The van der Waals surface area contributed by atoms with Gasteiger partial charge in [0.15, 0.2) is 0 Å². The summed E-state index contributed by atoms with van der Waals surface area (Å²) in [5, 5.41) is 10.7. The van der Waals surface area contributed by atoms with E-state index in [0.717, 1.165) is 21.1 Å². The summed E-state index contributed by atoms with van der Waals surface area (Å²) in [6, 6.07) is 8.13. The van der Waals surface area contributed by atoms with Gasteiger partial charge in [-0.3, -0.25) is 0 Å². The van der Waals surface area contributed by atoms with Crippen LogP contribution < -0.4 is 0 Å². The lowest BCUT2D eigenvalue weighted by Crippen LogP contribution is -1.99. The number of aromatic nitrogens is 1. The SMILES string of the molecule is CC(O)c1cc2cc(Br)ccc2n1C. The van der Waals surface area contributed by atoms with Crippen molar-refractivity contribution in [3.05, 3.63) is 34.4 Å². The summed E-state index contributed by atoms with van der Waals surface area (Å²) >= 11 is 3.43. The van der Waals surface area contributed by atoms with E-state index in [1.807, 2.05) is 29.8 Å². The molecule has 1 unspecified atom stereocenters. The van der Waals surface area contributed by atoms with Gasteiger partial charge in [0.1, 0.15) is 0 Å². The molecule has 0 fully saturated rings. The number of hydrogen-bond donors (Lipinski definition) is 1. The van der Waals surface area contributed by atoms with Crippen LogP contribution >= 0.6 is 15.9 Å². The molecule has 1 N–H and O–H groups in total. The molecule has 3 heteroatoms. The molecule has 14 heavy (non-hydrogen) atoms. The highest BCUT2D eigenvalue weighted by Gasteiger charge is 2.09. The molecule has 0 aliphatic heterocycles. The van der Waals surface area contributed by atoms with Gasteiger partial charge < -0.3 is 9.67 Å². The molecule has 0 aliphatic carbocycles. The number of rotatable bonds is 1. The first-order valence-corrected chi connectivity index (χ1v) is 5.32. The molecular weight excluding hydrogens is 242 g/mol. The summed E-state index contributed by atoms with van der Waals surface area (Å²) in [4.78, 5) is 0. The van der Waals surface area contributed by atoms with E-state index in [-0.39, 0.29) is 0 Å². The molecule has 0 radical (unpaired) electrons. The molecule has 1 aromatic carbocycles. The molecule has 0 amide bonds. The van der Waals surface area contributed by atoms with Crippen LogP contribution in [0.5, 0.6) is 0 Å². The highest BCUT2D eigenvalue weighted by Crippen LogP contribution is 2.25. The zero-order chi connectivity index (χ0) is 10.3. The molecule has 0 aliphatic rings. The van der Waals surface area contributed by atoms with Gasteiger partial charge >= 0.3 is 0 Å². The third kappa shape index (κ3) is 1.47. The number of fused-ring (bicyclic) bond motifs is 1. The van der Waals surface area contributed by atoms with Crippen molar-refractivity contribution in [2.45, 2.75) is 13.0 Å². The molecule has 1 heterocycles. The van der Waals surface area contributed by atoms with Gasteiger partial charge in [-0.05, 0) is 31.2 Å². The van der Waals surface area contributed by atoms with Crippen LogP contribution in [0.2, 0.25) is 0 Å². The topological polar surface area (TPSA) is 25.2 Å². The number of halogens is 1. The molecule has 2 nitrogen and oxygen atoms in total. The Kier molecular flexibility index (Phi) is 2.37. The molecule has 0 spiro atoms. The lowest BCUT2D eigenvalue weighted by atomic mass is 10.2. The quantitative estimate of drug-likeness (QED) is 0.831. The van der Waals surface area contributed by atoms with E-state index in [1.165, 1.54) is 0 Å². The van der Waals surface area contributed by atoms with Crippen molar-refractivity contribution in [1.82, 2.24) is 4.57 Å². The van der Waals surface area contributed by atoms with Gasteiger partial charge in [0.2, 0.25) is 0 Å². The second-order valence-corrected chi connectivity index (χ2v) is 4.42. The lowest BCUT2D eigenvalue weighted by molar-refractivity contribution is 0.191. The predicted octanol–water partition coefficient (Wildman–Crippen LogP) is 2.99.